The molecule has 0 saturated heterocycles. The van der Waals surface area contributed by atoms with Crippen molar-refractivity contribution in [3.8, 4) is 0 Å². The fraction of sp³-hybridized carbons (Fsp3) is 0.214. The zero-order chi connectivity index (χ0) is 11.8. The van der Waals surface area contributed by atoms with Gasteiger partial charge in [-0.25, -0.2) is 0 Å². The summed E-state index contributed by atoms with van der Waals surface area (Å²) in [6.07, 6.45) is 2.11. The van der Waals surface area contributed by atoms with Crippen LogP contribution in [0, 0.1) is 13.8 Å². The van der Waals surface area contributed by atoms with Crippen molar-refractivity contribution < 1.29 is 4.52 Å². The van der Waals surface area contributed by atoms with E-state index in [1.807, 2.05) is 13.8 Å². The Kier molecular flexibility index (Phi) is 2.25. The Balaban J connectivity index is 2.06. The molecule has 0 aliphatic heterocycles. The summed E-state index contributed by atoms with van der Waals surface area (Å²) in [6, 6.07) is 10.5. The summed E-state index contributed by atoms with van der Waals surface area (Å²) in [5.74, 6) is 0.903. The van der Waals surface area contributed by atoms with E-state index in [0.29, 0.717) is 0 Å². The van der Waals surface area contributed by atoms with Gasteiger partial charge in [-0.2, -0.15) is 0 Å². The highest BCUT2D eigenvalue weighted by Gasteiger charge is 2.10. The first kappa shape index (κ1) is 10.1. The monoisotopic (exact) mass is 226 g/mol. The number of benzene rings is 1. The lowest BCUT2D eigenvalue weighted by Crippen LogP contribution is -1.99. The number of aromatic nitrogens is 2. The smallest absolute Gasteiger partial charge is 0.138 e. The van der Waals surface area contributed by atoms with Gasteiger partial charge in [0.15, 0.2) is 0 Å². The van der Waals surface area contributed by atoms with Crippen LogP contribution in [0.5, 0.6) is 0 Å². The number of hydrogen-bond donors (Lipinski definition) is 0. The number of aryl methyl sites for hydroxylation is 2. The van der Waals surface area contributed by atoms with Crippen LogP contribution in [0.3, 0.4) is 0 Å². The quantitative estimate of drug-likeness (QED) is 0.671. The van der Waals surface area contributed by atoms with Gasteiger partial charge in [0.2, 0.25) is 0 Å². The normalized spacial score (nSPS) is 11.2. The Morgan fingerprint density at radius 2 is 2.00 bits per heavy atom. The van der Waals surface area contributed by atoms with Gasteiger partial charge in [0.25, 0.3) is 0 Å². The van der Waals surface area contributed by atoms with Crippen LogP contribution in [0.1, 0.15) is 17.0 Å². The second-order valence-electron chi connectivity index (χ2n) is 4.31. The average Bonchev–Trinajstić information content (AvgIpc) is 2.88. The predicted octanol–water partition coefficient (Wildman–Crippen LogP) is 3.29. The van der Waals surface area contributed by atoms with E-state index in [1.54, 1.807) is 0 Å². The maximum atomic E-state index is 5.19. The summed E-state index contributed by atoms with van der Waals surface area (Å²) in [5.41, 5.74) is 3.39. The molecule has 3 nitrogen and oxygen atoms in total. The molecule has 3 aromatic rings. The van der Waals surface area contributed by atoms with E-state index in [0.717, 1.165) is 18.0 Å². The van der Waals surface area contributed by atoms with Gasteiger partial charge in [-0.1, -0.05) is 23.4 Å². The molecule has 0 unspecified atom stereocenters. The largest absolute Gasteiger partial charge is 0.361 e. The molecule has 2 aromatic heterocycles. The molecule has 0 fully saturated rings. The van der Waals surface area contributed by atoms with Crippen LogP contribution in [-0.2, 0) is 6.54 Å². The maximum Gasteiger partial charge on any atom is 0.138 e. The molecular formula is C14H14N2O. The predicted molar refractivity (Wildman–Crippen MR) is 67.0 cm³/mol. The summed E-state index contributed by atoms with van der Waals surface area (Å²) in [5, 5.41) is 5.25. The molecule has 0 N–H and O–H groups in total. The van der Waals surface area contributed by atoms with Crippen molar-refractivity contribution in [2.45, 2.75) is 20.4 Å². The highest BCUT2D eigenvalue weighted by molar-refractivity contribution is 5.80. The molecule has 2 heterocycles. The molecule has 1 aromatic carbocycles. The molecule has 0 atom stereocenters. The Morgan fingerprint density at radius 1 is 1.18 bits per heavy atom. The number of para-hydroxylation sites is 1. The average molecular weight is 226 g/mol. The Labute approximate surface area is 99.6 Å². The molecule has 0 amide bonds. The zero-order valence-electron chi connectivity index (χ0n) is 9.97. The zero-order valence-corrected chi connectivity index (χ0v) is 9.97. The van der Waals surface area contributed by atoms with Gasteiger partial charge in [-0.15, -0.1) is 0 Å². The van der Waals surface area contributed by atoms with Gasteiger partial charge in [0, 0.05) is 17.3 Å². The minimum Gasteiger partial charge on any atom is -0.361 e. The first-order chi connectivity index (χ1) is 8.25. The molecule has 0 aliphatic carbocycles. The third-order valence-corrected chi connectivity index (χ3v) is 3.19. The van der Waals surface area contributed by atoms with Crippen LogP contribution in [0.4, 0.5) is 0 Å². The van der Waals surface area contributed by atoms with Crippen molar-refractivity contribution in [1.82, 2.24) is 9.72 Å². The summed E-state index contributed by atoms with van der Waals surface area (Å²) in [7, 11) is 0. The molecular weight excluding hydrogens is 212 g/mol. The second-order valence-corrected chi connectivity index (χ2v) is 4.31. The highest BCUT2D eigenvalue weighted by Crippen LogP contribution is 2.19. The van der Waals surface area contributed by atoms with E-state index in [-0.39, 0.29) is 0 Å². The minimum absolute atomic E-state index is 0.814. The topological polar surface area (TPSA) is 31.0 Å². The Bertz CT molecular complexity index is 644. The molecule has 0 bridgehead atoms. The van der Waals surface area contributed by atoms with Crippen molar-refractivity contribution in [2.24, 2.45) is 0 Å². The van der Waals surface area contributed by atoms with Crippen LogP contribution in [0.15, 0.2) is 41.1 Å². The first-order valence-electron chi connectivity index (χ1n) is 5.71. The van der Waals surface area contributed by atoms with Crippen LogP contribution < -0.4 is 0 Å². The fourth-order valence-corrected chi connectivity index (χ4v) is 2.18. The van der Waals surface area contributed by atoms with E-state index in [2.05, 4.69) is 46.3 Å². The molecule has 0 spiro atoms. The van der Waals surface area contributed by atoms with Crippen LogP contribution in [0.25, 0.3) is 10.9 Å². The van der Waals surface area contributed by atoms with E-state index in [4.69, 9.17) is 4.52 Å². The fourth-order valence-electron chi connectivity index (χ4n) is 2.18. The van der Waals surface area contributed by atoms with E-state index < -0.39 is 0 Å². The lowest BCUT2D eigenvalue weighted by molar-refractivity contribution is 0.392. The van der Waals surface area contributed by atoms with Gasteiger partial charge in [0.1, 0.15) is 5.76 Å². The lowest BCUT2D eigenvalue weighted by atomic mass is 10.2. The maximum absolute atomic E-state index is 5.19. The molecule has 3 rings (SSSR count). The number of hydrogen-bond acceptors (Lipinski definition) is 2. The SMILES string of the molecule is Cc1noc(C)c1Cn1ccc2ccccc21. The third kappa shape index (κ3) is 1.64. The standard InChI is InChI=1S/C14H14N2O/c1-10-13(11(2)17-15-10)9-16-8-7-12-5-3-4-6-14(12)16/h3-8H,9H2,1-2H3. The van der Waals surface area contributed by atoms with Gasteiger partial charge in [0.05, 0.1) is 12.2 Å². The highest BCUT2D eigenvalue weighted by atomic mass is 16.5. The van der Waals surface area contributed by atoms with E-state index in [9.17, 15) is 0 Å². The van der Waals surface area contributed by atoms with Gasteiger partial charge >= 0.3 is 0 Å². The third-order valence-electron chi connectivity index (χ3n) is 3.19. The number of rotatable bonds is 2. The van der Waals surface area contributed by atoms with Crippen molar-refractivity contribution in [3.05, 3.63) is 53.5 Å². The van der Waals surface area contributed by atoms with Crippen LogP contribution in [-0.4, -0.2) is 9.72 Å². The summed E-state index contributed by atoms with van der Waals surface area (Å²) < 4.78 is 7.42. The van der Waals surface area contributed by atoms with Crippen molar-refractivity contribution >= 4 is 10.9 Å². The Morgan fingerprint density at radius 3 is 2.76 bits per heavy atom. The van der Waals surface area contributed by atoms with E-state index >= 15 is 0 Å². The number of fused-ring (bicyclic) bond motifs is 1. The van der Waals surface area contributed by atoms with Crippen molar-refractivity contribution in [3.63, 3.8) is 0 Å². The molecule has 86 valence electrons. The molecule has 3 heteroatoms. The van der Waals surface area contributed by atoms with Crippen molar-refractivity contribution in [2.75, 3.05) is 0 Å². The van der Waals surface area contributed by atoms with Gasteiger partial charge in [-0.05, 0) is 31.4 Å². The lowest BCUT2D eigenvalue weighted by Gasteiger charge is -2.04. The molecule has 17 heavy (non-hydrogen) atoms. The minimum atomic E-state index is 0.814. The second kappa shape index (κ2) is 3.77. The first-order valence-corrected chi connectivity index (χ1v) is 5.71. The van der Waals surface area contributed by atoms with E-state index in [1.165, 1.54) is 16.5 Å². The summed E-state index contributed by atoms with van der Waals surface area (Å²) in [4.78, 5) is 0. The molecule has 0 aliphatic rings. The Hall–Kier alpha value is -2.03. The summed E-state index contributed by atoms with van der Waals surface area (Å²) in [6.45, 7) is 4.76. The number of nitrogens with zero attached hydrogens (tertiary/aromatic N) is 2. The van der Waals surface area contributed by atoms with Crippen LogP contribution >= 0.6 is 0 Å². The van der Waals surface area contributed by atoms with Gasteiger partial charge in [-0.3, -0.25) is 0 Å². The molecule has 0 radical (unpaired) electrons. The summed E-state index contributed by atoms with van der Waals surface area (Å²) >= 11 is 0. The van der Waals surface area contributed by atoms with Gasteiger partial charge < -0.3 is 9.09 Å². The molecule has 0 saturated carbocycles. The van der Waals surface area contributed by atoms with Crippen molar-refractivity contribution in [1.29, 1.82) is 0 Å². The van der Waals surface area contributed by atoms with Crippen LogP contribution in [0.2, 0.25) is 0 Å².